The first-order chi connectivity index (χ1) is 6.03. The van der Waals surface area contributed by atoms with Gasteiger partial charge in [-0.25, -0.2) is 0 Å². The van der Waals surface area contributed by atoms with Gasteiger partial charge in [0, 0.05) is 10.4 Å². The van der Waals surface area contributed by atoms with E-state index in [2.05, 4.69) is 15.9 Å². The summed E-state index contributed by atoms with van der Waals surface area (Å²) in [5.41, 5.74) is -0.204. The molecular weight excluding hydrogens is 251 g/mol. The molecule has 1 rings (SSSR count). The highest BCUT2D eigenvalue weighted by molar-refractivity contribution is 9.09. The van der Waals surface area contributed by atoms with Crippen molar-refractivity contribution in [2.75, 3.05) is 5.33 Å². The number of hydrogen-bond donors (Lipinski definition) is 0. The van der Waals surface area contributed by atoms with Gasteiger partial charge in [0.15, 0.2) is 0 Å². The fraction of sp³-hybridized carbons (Fsp3) is 0.400. The minimum absolute atomic E-state index is 0.204. The maximum Gasteiger partial charge on any atom is 0.121 e. The molecule has 1 aromatic carbocycles. The summed E-state index contributed by atoms with van der Waals surface area (Å²) in [4.78, 5) is 0. The lowest BCUT2D eigenvalue weighted by atomic mass is 10.2. The summed E-state index contributed by atoms with van der Waals surface area (Å²) in [6.45, 7) is 4.03. The van der Waals surface area contributed by atoms with Crippen molar-refractivity contribution in [3.05, 3.63) is 29.3 Å². The predicted molar refractivity (Wildman–Crippen MR) is 60.0 cm³/mol. The molecule has 0 radical (unpaired) electrons. The van der Waals surface area contributed by atoms with Crippen LogP contribution in [0.1, 0.15) is 13.8 Å². The molecule has 0 aliphatic carbocycles. The van der Waals surface area contributed by atoms with Crippen LogP contribution in [-0.4, -0.2) is 10.9 Å². The van der Waals surface area contributed by atoms with Crippen molar-refractivity contribution in [1.82, 2.24) is 0 Å². The van der Waals surface area contributed by atoms with Crippen LogP contribution in [0.25, 0.3) is 0 Å². The molecule has 0 bridgehead atoms. The third-order valence-electron chi connectivity index (χ3n) is 1.51. The Morgan fingerprint density at radius 1 is 1.46 bits per heavy atom. The fourth-order valence-corrected chi connectivity index (χ4v) is 1.17. The number of halogens is 2. The molecule has 0 atom stereocenters. The molecule has 3 heteroatoms. The molecule has 1 nitrogen and oxygen atoms in total. The summed E-state index contributed by atoms with van der Waals surface area (Å²) < 4.78 is 5.70. The lowest BCUT2D eigenvalue weighted by molar-refractivity contribution is 0.137. The van der Waals surface area contributed by atoms with E-state index in [0.717, 1.165) is 11.1 Å². The van der Waals surface area contributed by atoms with Gasteiger partial charge < -0.3 is 4.74 Å². The quantitative estimate of drug-likeness (QED) is 0.752. The molecule has 1 aromatic rings. The number of ether oxygens (including phenoxy) is 1. The van der Waals surface area contributed by atoms with Gasteiger partial charge in [-0.1, -0.05) is 33.6 Å². The summed E-state index contributed by atoms with van der Waals surface area (Å²) in [6.07, 6.45) is 0. The van der Waals surface area contributed by atoms with Gasteiger partial charge in [0.2, 0.25) is 0 Å². The average Bonchev–Trinajstić information content (AvgIpc) is 2.03. The fourth-order valence-electron chi connectivity index (χ4n) is 0.877. The molecule has 13 heavy (non-hydrogen) atoms. The lowest BCUT2D eigenvalue weighted by Crippen LogP contribution is -2.29. The number of alkyl halides is 1. The molecule has 0 spiro atoms. The van der Waals surface area contributed by atoms with Crippen LogP contribution in [0.3, 0.4) is 0 Å². The van der Waals surface area contributed by atoms with E-state index in [1.807, 2.05) is 38.1 Å². The van der Waals surface area contributed by atoms with Gasteiger partial charge in [-0.3, -0.25) is 0 Å². The van der Waals surface area contributed by atoms with Crippen LogP contribution in [0, 0.1) is 0 Å². The Labute approximate surface area is 92.2 Å². The Balaban J connectivity index is 2.74. The van der Waals surface area contributed by atoms with Crippen molar-refractivity contribution in [1.29, 1.82) is 0 Å². The minimum Gasteiger partial charge on any atom is -0.487 e. The Hall–Kier alpha value is -0.210. The molecule has 0 aliphatic heterocycles. The Morgan fingerprint density at radius 2 is 2.15 bits per heavy atom. The average molecular weight is 264 g/mol. The third kappa shape index (κ3) is 3.57. The van der Waals surface area contributed by atoms with Crippen molar-refractivity contribution in [2.24, 2.45) is 0 Å². The van der Waals surface area contributed by atoms with Crippen LogP contribution >= 0.6 is 27.5 Å². The molecule has 0 fully saturated rings. The van der Waals surface area contributed by atoms with Crippen molar-refractivity contribution in [3.63, 3.8) is 0 Å². The van der Waals surface area contributed by atoms with Crippen LogP contribution < -0.4 is 4.74 Å². The van der Waals surface area contributed by atoms with Gasteiger partial charge in [-0.05, 0) is 32.0 Å². The summed E-state index contributed by atoms with van der Waals surface area (Å²) in [5.74, 6) is 0.803. The number of rotatable bonds is 3. The first-order valence-corrected chi connectivity index (χ1v) is 5.54. The molecular formula is C10H12BrClO. The third-order valence-corrected chi connectivity index (χ3v) is 3.10. The summed E-state index contributed by atoms with van der Waals surface area (Å²) in [5, 5.41) is 1.48. The van der Waals surface area contributed by atoms with E-state index >= 15 is 0 Å². The van der Waals surface area contributed by atoms with Crippen molar-refractivity contribution in [3.8, 4) is 5.75 Å². The minimum atomic E-state index is -0.204. The second kappa shape index (κ2) is 4.34. The number of benzene rings is 1. The molecule has 0 saturated heterocycles. The van der Waals surface area contributed by atoms with Crippen LogP contribution in [0.2, 0.25) is 5.02 Å². The topological polar surface area (TPSA) is 9.23 Å². The van der Waals surface area contributed by atoms with E-state index in [1.54, 1.807) is 0 Å². The van der Waals surface area contributed by atoms with Crippen molar-refractivity contribution in [2.45, 2.75) is 19.4 Å². The van der Waals surface area contributed by atoms with Crippen molar-refractivity contribution < 1.29 is 4.74 Å². The standard InChI is InChI=1S/C10H12BrClO/c1-10(2,7-11)13-9-5-3-4-8(12)6-9/h3-6H,7H2,1-2H3. The first kappa shape index (κ1) is 10.9. The maximum atomic E-state index is 5.83. The second-order valence-electron chi connectivity index (χ2n) is 3.45. The highest BCUT2D eigenvalue weighted by Gasteiger charge is 2.17. The molecule has 0 aliphatic rings. The van der Waals surface area contributed by atoms with Crippen LogP contribution in [-0.2, 0) is 0 Å². The monoisotopic (exact) mass is 262 g/mol. The Morgan fingerprint density at radius 3 is 2.69 bits per heavy atom. The molecule has 0 saturated carbocycles. The molecule has 0 N–H and O–H groups in total. The highest BCUT2D eigenvalue weighted by atomic mass is 79.9. The van der Waals surface area contributed by atoms with Crippen LogP contribution in [0.4, 0.5) is 0 Å². The van der Waals surface area contributed by atoms with Gasteiger partial charge in [-0.2, -0.15) is 0 Å². The molecule has 72 valence electrons. The SMILES string of the molecule is CC(C)(CBr)Oc1cccc(Cl)c1. The van der Waals surface area contributed by atoms with Gasteiger partial charge in [-0.15, -0.1) is 0 Å². The molecule has 0 heterocycles. The van der Waals surface area contributed by atoms with E-state index in [-0.39, 0.29) is 5.60 Å². The lowest BCUT2D eigenvalue weighted by Gasteiger charge is -2.23. The highest BCUT2D eigenvalue weighted by Crippen LogP contribution is 2.22. The van der Waals surface area contributed by atoms with Crippen LogP contribution in [0.5, 0.6) is 5.75 Å². The van der Waals surface area contributed by atoms with Gasteiger partial charge in [0.1, 0.15) is 11.4 Å². The molecule has 0 unspecified atom stereocenters. The van der Waals surface area contributed by atoms with Gasteiger partial charge in [0.25, 0.3) is 0 Å². The normalized spacial score (nSPS) is 11.4. The summed E-state index contributed by atoms with van der Waals surface area (Å²) in [7, 11) is 0. The largest absolute Gasteiger partial charge is 0.487 e. The zero-order valence-corrected chi connectivity index (χ0v) is 10.0. The zero-order valence-electron chi connectivity index (χ0n) is 7.68. The molecule has 0 amide bonds. The Bertz CT molecular complexity index is 286. The van der Waals surface area contributed by atoms with E-state index in [0.29, 0.717) is 5.02 Å². The van der Waals surface area contributed by atoms with Gasteiger partial charge >= 0.3 is 0 Å². The predicted octanol–water partition coefficient (Wildman–Crippen LogP) is 3.89. The van der Waals surface area contributed by atoms with Crippen LogP contribution in [0.15, 0.2) is 24.3 Å². The van der Waals surface area contributed by atoms with Gasteiger partial charge in [0.05, 0.1) is 0 Å². The Kier molecular flexibility index (Phi) is 3.63. The van der Waals surface area contributed by atoms with E-state index < -0.39 is 0 Å². The van der Waals surface area contributed by atoms with Crippen molar-refractivity contribution >= 4 is 27.5 Å². The maximum absolute atomic E-state index is 5.83. The second-order valence-corrected chi connectivity index (χ2v) is 4.45. The zero-order chi connectivity index (χ0) is 9.90. The van der Waals surface area contributed by atoms with E-state index in [1.165, 1.54) is 0 Å². The smallest absolute Gasteiger partial charge is 0.121 e. The van der Waals surface area contributed by atoms with E-state index in [9.17, 15) is 0 Å². The number of hydrogen-bond acceptors (Lipinski definition) is 1. The first-order valence-electron chi connectivity index (χ1n) is 4.04. The molecule has 0 aromatic heterocycles. The summed E-state index contributed by atoms with van der Waals surface area (Å²) in [6, 6.07) is 7.42. The summed E-state index contributed by atoms with van der Waals surface area (Å²) >= 11 is 9.21. The van der Waals surface area contributed by atoms with E-state index in [4.69, 9.17) is 16.3 Å².